The number of nitrogens with zero attached hydrogens (tertiary/aromatic N) is 2. The Morgan fingerprint density at radius 2 is 1.79 bits per heavy atom. The quantitative estimate of drug-likeness (QED) is 0.551. The number of hydrogen-bond donors (Lipinski definition) is 2. The molecule has 0 aliphatic heterocycles. The number of hydrogen-bond acceptors (Lipinski definition) is 3. The molecule has 0 bridgehead atoms. The SMILES string of the molecule is CN=C(NCC(C)C)N(C)CCC(NC(=O)OC(C)(C)C)C(C)C. The molecule has 0 heterocycles. The summed E-state index contributed by atoms with van der Waals surface area (Å²) in [5.74, 6) is 1.77. The second-order valence-corrected chi connectivity index (χ2v) is 8.03. The van der Waals surface area contributed by atoms with Crippen molar-refractivity contribution in [1.29, 1.82) is 0 Å². The zero-order chi connectivity index (χ0) is 18.9. The van der Waals surface area contributed by atoms with Crippen molar-refractivity contribution < 1.29 is 9.53 Å². The highest BCUT2D eigenvalue weighted by molar-refractivity contribution is 5.79. The summed E-state index contributed by atoms with van der Waals surface area (Å²) in [4.78, 5) is 18.4. The Morgan fingerprint density at radius 3 is 2.21 bits per heavy atom. The molecule has 2 N–H and O–H groups in total. The van der Waals surface area contributed by atoms with Crippen molar-refractivity contribution in [2.45, 2.75) is 66.5 Å². The number of carbonyl (C=O) groups is 1. The summed E-state index contributed by atoms with van der Waals surface area (Å²) in [6, 6.07) is 0.0607. The number of guanidine groups is 1. The molecule has 0 fully saturated rings. The largest absolute Gasteiger partial charge is 0.444 e. The average Bonchev–Trinajstić information content (AvgIpc) is 2.41. The standard InChI is InChI=1S/C18H38N4O2/c1-13(2)12-20-16(19-8)22(9)11-10-15(14(3)4)21-17(23)24-18(5,6)7/h13-15H,10-12H2,1-9H3,(H,19,20)(H,21,23). The van der Waals surface area contributed by atoms with E-state index in [2.05, 4.69) is 48.2 Å². The van der Waals surface area contributed by atoms with Gasteiger partial charge in [-0.1, -0.05) is 27.7 Å². The van der Waals surface area contributed by atoms with Gasteiger partial charge in [0.25, 0.3) is 0 Å². The van der Waals surface area contributed by atoms with E-state index in [1.807, 2.05) is 27.8 Å². The monoisotopic (exact) mass is 342 g/mol. The average molecular weight is 343 g/mol. The summed E-state index contributed by atoms with van der Waals surface area (Å²) < 4.78 is 5.36. The van der Waals surface area contributed by atoms with Crippen molar-refractivity contribution >= 4 is 12.1 Å². The maximum absolute atomic E-state index is 12.0. The van der Waals surface area contributed by atoms with Gasteiger partial charge in [0.1, 0.15) is 5.60 Å². The first kappa shape index (κ1) is 22.5. The second-order valence-electron chi connectivity index (χ2n) is 8.03. The molecular formula is C18H38N4O2. The minimum Gasteiger partial charge on any atom is -0.444 e. The van der Waals surface area contributed by atoms with Gasteiger partial charge >= 0.3 is 6.09 Å². The van der Waals surface area contributed by atoms with Crippen molar-refractivity contribution in [2.75, 3.05) is 27.2 Å². The van der Waals surface area contributed by atoms with Crippen LogP contribution in [0.3, 0.4) is 0 Å². The zero-order valence-corrected chi connectivity index (χ0v) is 17.1. The van der Waals surface area contributed by atoms with Crippen LogP contribution in [0.4, 0.5) is 4.79 Å². The van der Waals surface area contributed by atoms with Gasteiger partial charge in [0.15, 0.2) is 5.96 Å². The van der Waals surface area contributed by atoms with Gasteiger partial charge in [-0.15, -0.1) is 0 Å². The van der Waals surface area contributed by atoms with Crippen LogP contribution in [-0.2, 0) is 4.74 Å². The van der Waals surface area contributed by atoms with Gasteiger partial charge in [-0.05, 0) is 39.0 Å². The molecule has 0 rings (SSSR count). The van der Waals surface area contributed by atoms with Gasteiger partial charge in [-0.25, -0.2) is 4.79 Å². The van der Waals surface area contributed by atoms with Gasteiger partial charge in [0.05, 0.1) is 0 Å². The number of rotatable bonds is 7. The minimum atomic E-state index is -0.481. The Kier molecular flexibility index (Phi) is 9.78. The fourth-order valence-electron chi connectivity index (χ4n) is 2.15. The summed E-state index contributed by atoms with van der Waals surface area (Å²) in [5, 5.41) is 6.34. The van der Waals surface area contributed by atoms with Crippen molar-refractivity contribution in [2.24, 2.45) is 16.8 Å². The molecule has 24 heavy (non-hydrogen) atoms. The van der Waals surface area contributed by atoms with E-state index in [1.54, 1.807) is 7.05 Å². The van der Waals surface area contributed by atoms with Crippen molar-refractivity contribution in [1.82, 2.24) is 15.5 Å². The van der Waals surface area contributed by atoms with Crippen LogP contribution in [0.15, 0.2) is 4.99 Å². The first-order valence-corrected chi connectivity index (χ1v) is 8.87. The topological polar surface area (TPSA) is 66.0 Å². The lowest BCUT2D eigenvalue weighted by Gasteiger charge is -2.28. The molecular weight excluding hydrogens is 304 g/mol. The number of ether oxygens (including phenoxy) is 1. The van der Waals surface area contributed by atoms with Crippen LogP contribution >= 0.6 is 0 Å². The Bertz CT molecular complexity index is 400. The Labute approximate surface area is 148 Å². The number of nitrogens with one attached hydrogen (secondary N) is 2. The number of alkyl carbamates (subject to hydrolysis) is 1. The first-order chi connectivity index (χ1) is 11.0. The van der Waals surface area contributed by atoms with Crippen LogP contribution in [0.2, 0.25) is 0 Å². The molecule has 142 valence electrons. The normalized spacial score (nSPS) is 13.9. The highest BCUT2D eigenvalue weighted by atomic mass is 16.6. The van der Waals surface area contributed by atoms with Crippen LogP contribution in [0, 0.1) is 11.8 Å². The molecule has 0 saturated carbocycles. The molecule has 0 aliphatic carbocycles. The highest BCUT2D eigenvalue weighted by Crippen LogP contribution is 2.11. The van der Waals surface area contributed by atoms with E-state index in [0.29, 0.717) is 11.8 Å². The van der Waals surface area contributed by atoms with Gasteiger partial charge in [-0.3, -0.25) is 4.99 Å². The molecule has 6 heteroatoms. The number of aliphatic imine (C=N–C) groups is 1. The van der Waals surface area contributed by atoms with Gasteiger partial charge in [0, 0.05) is 33.2 Å². The first-order valence-electron chi connectivity index (χ1n) is 8.87. The molecule has 0 aromatic heterocycles. The Balaban J connectivity index is 4.54. The summed E-state index contributed by atoms with van der Waals surface area (Å²) in [5.41, 5.74) is -0.481. The number of amides is 1. The molecule has 0 spiro atoms. The summed E-state index contributed by atoms with van der Waals surface area (Å²) in [6.45, 7) is 15.8. The summed E-state index contributed by atoms with van der Waals surface area (Å²) in [7, 11) is 3.80. The lowest BCUT2D eigenvalue weighted by Crippen LogP contribution is -2.45. The maximum Gasteiger partial charge on any atom is 0.407 e. The minimum absolute atomic E-state index is 0.0607. The predicted octanol–water partition coefficient (Wildman–Crippen LogP) is 3.09. The van der Waals surface area contributed by atoms with Crippen LogP contribution in [0.25, 0.3) is 0 Å². The number of carbonyl (C=O) groups excluding carboxylic acids is 1. The van der Waals surface area contributed by atoms with E-state index >= 15 is 0 Å². The van der Waals surface area contributed by atoms with E-state index in [4.69, 9.17) is 4.74 Å². The van der Waals surface area contributed by atoms with Crippen molar-refractivity contribution in [3.05, 3.63) is 0 Å². The lowest BCUT2D eigenvalue weighted by atomic mass is 10.0. The van der Waals surface area contributed by atoms with E-state index < -0.39 is 5.60 Å². The Hall–Kier alpha value is -1.46. The van der Waals surface area contributed by atoms with Gasteiger partial charge in [0.2, 0.25) is 0 Å². The van der Waals surface area contributed by atoms with E-state index in [1.165, 1.54) is 0 Å². The van der Waals surface area contributed by atoms with Crippen LogP contribution in [-0.4, -0.2) is 55.8 Å². The Morgan fingerprint density at radius 1 is 1.21 bits per heavy atom. The molecule has 0 aliphatic rings. The highest BCUT2D eigenvalue weighted by Gasteiger charge is 2.22. The predicted molar refractivity (Wildman–Crippen MR) is 101 cm³/mol. The molecule has 6 nitrogen and oxygen atoms in total. The zero-order valence-electron chi connectivity index (χ0n) is 17.1. The van der Waals surface area contributed by atoms with Gasteiger partial charge < -0.3 is 20.3 Å². The third-order valence-corrected chi connectivity index (χ3v) is 3.52. The molecule has 1 atom stereocenters. The summed E-state index contributed by atoms with van der Waals surface area (Å²) >= 11 is 0. The molecule has 0 aromatic carbocycles. The second kappa shape index (κ2) is 10.4. The third kappa shape index (κ3) is 10.3. The van der Waals surface area contributed by atoms with Gasteiger partial charge in [-0.2, -0.15) is 0 Å². The van der Waals surface area contributed by atoms with Crippen LogP contribution in [0.1, 0.15) is 54.9 Å². The van der Waals surface area contributed by atoms with Crippen LogP contribution < -0.4 is 10.6 Å². The molecule has 0 radical (unpaired) electrons. The maximum atomic E-state index is 12.0. The molecule has 1 unspecified atom stereocenters. The molecule has 0 aromatic rings. The van der Waals surface area contributed by atoms with E-state index in [9.17, 15) is 4.79 Å². The molecule has 0 saturated heterocycles. The van der Waals surface area contributed by atoms with E-state index in [0.717, 1.165) is 25.5 Å². The van der Waals surface area contributed by atoms with E-state index in [-0.39, 0.29) is 12.1 Å². The molecule has 1 amide bonds. The van der Waals surface area contributed by atoms with Crippen molar-refractivity contribution in [3.63, 3.8) is 0 Å². The third-order valence-electron chi connectivity index (χ3n) is 3.52. The van der Waals surface area contributed by atoms with Crippen LogP contribution in [0.5, 0.6) is 0 Å². The smallest absolute Gasteiger partial charge is 0.407 e. The summed E-state index contributed by atoms with van der Waals surface area (Å²) in [6.07, 6.45) is 0.474. The fourth-order valence-corrected chi connectivity index (χ4v) is 2.15. The fraction of sp³-hybridized carbons (Fsp3) is 0.889. The lowest BCUT2D eigenvalue weighted by molar-refractivity contribution is 0.0486. The van der Waals surface area contributed by atoms with Crippen molar-refractivity contribution in [3.8, 4) is 0 Å².